The van der Waals surface area contributed by atoms with E-state index in [1.165, 1.54) is 19.2 Å². The zero-order valence-electron chi connectivity index (χ0n) is 16.2. The maximum atomic E-state index is 12.9. The van der Waals surface area contributed by atoms with Crippen molar-refractivity contribution < 1.29 is 19.1 Å². The van der Waals surface area contributed by atoms with E-state index in [0.29, 0.717) is 11.5 Å². The Hall–Kier alpha value is -2.73. The maximum absolute atomic E-state index is 12.9. The van der Waals surface area contributed by atoms with Gasteiger partial charge in [-0.2, -0.15) is 0 Å². The van der Waals surface area contributed by atoms with E-state index in [9.17, 15) is 9.59 Å². The van der Waals surface area contributed by atoms with Crippen LogP contribution in [0.2, 0.25) is 5.02 Å². The van der Waals surface area contributed by atoms with Gasteiger partial charge in [0.05, 0.1) is 18.2 Å². The van der Waals surface area contributed by atoms with Gasteiger partial charge in [0.15, 0.2) is 18.1 Å². The van der Waals surface area contributed by atoms with Crippen LogP contribution in [0.15, 0.2) is 42.5 Å². The van der Waals surface area contributed by atoms with Crippen LogP contribution in [0, 0.1) is 5.92 Å². The molecule has 6 nitrogen and oxygen atoms in total. The van der Waals surface area contributed by atoms with E-state index < -0.39 is 5.91 Å². The van der Waals surface area contributed by atoms with Gasteiger partial charge in [-0.05, 0) is 30.0 Å². The number of hydrogen-bond donors (Lipinski definition) is 2. The van der Waals surface area contributed by atoms with E-state index in [1.807, 2.05) is 30.3 Å². The Morgan fingerprint density at radius 1 is 1.18 bits per heavy atom. The summed E-state index contributed by atoms with van der Waals surface area (Å²) in [6, 6.07) is 12.7. The molecule has 0 aromatic heterocycles. The molecule has 0 unspecified atom stereocenters. The molecule has 7 heteroatoms. The van der Waals surface area contributed by atoms with Crippen LogP contribution < -0.4 is 20.5 Å². The Bertz CT molecular complexity index is 825. The average molecular weight is 405 g/mol. The molecule has 1 atom stereocenters. The Labute approximate surface area is 170 Å². The molecule has 28 heavy (non-hydrogen) atoms. The first-order valence-corrected chi connectivity index (χ1v) is 9.34. The lowest BCUT2D eigenvalue weighted by atomic mass is 9.96. The third-order valence-electron chi connectivity index (χ3n) is 4.06. The first-order valence-electron chi connectivity index (χ1n) is 8.96. The third-order valence-corrected chi connectivity index (χ3v) is 4.35. The number of ether oxygens (including phenoxy) is 2. The third kappa shape index (κ3) is 5.89. The van der Waals surface area contributed by atoms with Crippen molar-refractivity contribution in [2.75, 3.05) is 13.7 Å². The van der Waals surface area contributed by atoms with Gasteiger partial charge < -0.3 is 20.5 Å². The molecule has 3 N–H and O–H groups in total. The van der Waals surface area contributed by atoms with Gasteiger partial charge in [0.25, 0.3) is 11.8 Å². The summed E-state index contributed by atoms with van der Waals surface area (Å²) in [7, 11) is 1.43. The van der Waals surface area contributed by atoms with Gasteiger partial charge >= 0.3 is 0 Å². The number of nitrogens with one attached hydrogen (secondary N) is 1. The first kappa shape index (κ1) is 21.6. The van der Waals surface area contributed by atoms with E-state index in [2.05, 4.69) is 19.2 Å². The van der Waals surface area contributed by atoms with E-state index >= 15 is 0 Å². The predicted octanol–water partition coefficient (Wildman–Crippen LogP) is 3.73. The van der Waals surface area contributed by atoms with Gasteiger partial charge in [-0.3, -0.25) is 9.59 Å². The fourth-order valence-corrected chi connectivity index (χ4v) is 3.08. The highest BCUT2D eigenvalue weighted by Crippen LogP contribution is 2.36. The fraction of sp³-hybridized carbons (Fsp3) is 0.333. The number of hydrogen-bond acceptors (Lipinski definition) is 4. The first-order chi connectivity index (χ1) is 13.3. The van der Waals surface area contributed by atoms with Crippen molar-refractivity contribution in [1.29, 1.82) is 0 Å². The van der Waals surface area contributed by atoms with E-state index in [-0.39, 0.29) is 35.1 Å². The van der Waals surface area contributed by atoms with Crippen molar-refractivity contribution in [3.63, 3.8) is 0 Å². The van der Waals surface area contributed by atoms with Crippen LogP contribution in [0.25, 0.3) is 0 Å². The highest BCUT2D eigenvalue weighted by Gasteiger charge is 2.20. The minimum atomic E-state index is -0.640. The van der Waals surface area contributed by atoms with Crippen LogP contribution >= 0.6 is 11.6 Å². The SMILES string of the molecule is COc1cc(C(=O)N[C@H](CC(C)C)c2ccccc2)cc(Cl)c1OCC(N)=O. The lowest BCUT2D eigenvalue weighted by molar-refractivity contribution is -0.119. The standard InChI is InChI=1S/C21H25ClN2O4/c1-13(2)9-17(14-7-5-4-6-8-14)24-21(26)15-10-16(22)20(18(11-15)27-3)28-12-19(23)25/h4-8,10-11,13,17H,9,12H2,1-3H3,(H2,23,25)(H,24,26)/t17-/m1/s1. The van der Waals surface area contributed by atoms with Crippen molar-refractivity contribution in [1.82, 2.24) is 5.32 Å². The van der Waals surface area contributed by atoms with Gasteiger partial charge in [-0.1, -0.05) is 55.8 Å². The van der Waals surface area contributed by atoms with E-state index in [0.717, 1.165) is 12.0 Å². The highest BCUT2D eigenvalue weighted by molar-refractivity contribution is 6.32. The van der Waals surface area contributed by atoms with E-state index in [4.69, 9.17) is 26.8 Å². The predicted molar refractivity (Wildman–Crippen MR) is 109 cm³/mol. The van der Waals surface area contributed by atoms with Crippen LogP contribution in [-0.2, 0) is 4.79 Å². The van der Waals surface area contributed by atoms with Crippen molar-refractivity contribution in [3.05, 3.63) is 58.6 Å². The summed E-state index contributed by atoms with van der Waals surface area (Å²) in [5.74, 6) is -0.107. The monoisotopic (exact) mass is 404 g/mol. The quantitative estimate of drug-likeness (QED) is 0.666. The Balaban J connectivity index is 2.26. The summed E-state index contributed by atoms with van der Waals surface area (Å²) in [5, 5.41) is 3.22. The van der Waals surface area contributed by atoms with Crippen LogP contribution in [0.3, 0.4) is 0 Å². The second-order valence-electron chi connectivity index (χ2n) is 6.81. The largest absolute Gasteiger partial charge is 0.493 e. The number of benzene rings is 2. The molecule has 0 radical (unpaired) electrons. The Morgan fingerprint density at radius 2 is 1.86 bits per heavy atom. The zero-order valence-corrected chi connectivity index (χ0v) is 17.0. The molecule has 0 aliphatic heterocycles. The summed E-state index contributed by atoms with van der Waals surface area (Å²) in [4.78, 5) is 23.8. The molecule has 150 valence electrons. The molecule has 0 bridgehead atoms. The van der Waals surface area contributed by atoms with E-state index in [1.54, 1.807) is 0 Å². The molecule has 2 aromatic rings. The Morgan fingerprint density at radius 3 is 2.43 bits per heavy atom. The maximum Gasteiger partial charge on any atom is 0.255 e. The van der Waals surface area contributed by atoms with Gasteiger partial charge in [0, 0.05) is 5.56 Å². The van der Waals surface area contributed by atoms with Crippen LogP contribution in [0.4, 0.5) is 0 Å². The normalized spacial score (nSPS) is 11.8. The molecule has 0 saturated heterocycles. The van der Waals surface area contributed by atoms with Crippen molar-refractivity contribution >= 4 is 23.4 Å². The fourth-order valence-electron chi connectivity index (χ4n) is 2.81. The lowest BCUT2D eigenvalue weighted by Crippen LogP contribution is -2.29. The summed E-state index contributed by atoms with van der Waals surface area (Å²) in [6.07, 6.45) is 0.792. The second-order valence-corrected chi connectivity index (χ2v) is 7.22. The van der Waals surface area contributed by atoms with Crippen LogP contribution in [-0.4, -0.2) is 25.5 Å². The number of primary amides is 1. The number of halogens is 1. The van der Waals surface area contributed by atoms with Crippen molar-refractivity contribution in [2.24, 2.45) is 11.7 Å². The number of rotatable bonds is 9. The minimum Gasteiger partial charge on any atom is -0.493 e. The highest BCUT2D eigenvalue weighted by atomic mass is 35.5. The Kier molecular flexibility index (Phi) is 7.70. The van der Waals surface area contributed by atoms with Gasteiger partial charge in [0.2, 0.25) is 0 Å². The molecule has 2 amide bonds. The molecule has 2 rings (SSSR count). The molecule has 0 aliphatic rings. The number of carbonyl (C=O) groups excluding carboxylic acids is 2. The van der Waals surface area contributed by atoms with Crippen LogP contribution in [0.1, 0.15) is 42.2 Å². The van der Waals surface area contributed by atoms with Gasteiger partial charge in [-0.15, -0.1) is 0 Å². The number of amides is 2. The number of carbonyl (C=O) groups is 2. The average Bonchev–Trinajstić information content (AvgIpc) is 2.66. The molecule has 0 aliphatic carbocycles. The molecule has 0 saturated carbocycles. The second kappa shape index (κ2) is 9.99. The summed E-state index contributed by atoms with van der Waals surface area (Å²) in [5.41, 5.74) is 6.46. The van der Waals surface area contributed by atoms with Crippen molar-refractivity contribution in [3.8, 4) is 11.5 Å². The molecule has 0 fully saturated rings. The zero-order chi connectivity index (χ0) is 20.7. The summed E-state index contributed by atoms with van der Waals surface area (Å²) >= 11 is 6.24. The molecule has 0 heterocycles. The molecular formula is C21H25ClN2O4. The molecule has 2 aromatic carbocycles. The van der Waals surface area contributed by atoms with Gasteiger partial charge in [0.1, 0.15) is 0 Å². The number of methoxy groups -OCH3 is 1. The molecular weight excluding hydrogens is 380 g/mol. The van der Waals surface area contributed by atoms with Crippen molar-refractivity contribution in [2.45, 2.75) is 26.3 Å². The topological polar surface area (TPSA) is 90.7 Å². The lowest BCUT2D eigenvalue weighted by Gasteiger charge is -2.22. The van der Waals surface area contributed by atoms with Crippen LogP contribution in [0.5, 0.6) is 11.5 Å². The minimum absolute atomic E-state index is 0.135. The summed E-state index contributed by atoms with van der Waals surface area (Å²) < 4.78 is 10.6. The smallest absolute Gasteiger partial charge is 0.255 e. The number of nitrogens with two attached hydrogens (primary N) is 1. The summed E-state index contributed by atoms with van der Waals surface area (Å²) in [6.45, 7) is 3.87. The van der Waals surface area contributed by atoms with Gasteiger partial charge in [-0.25, -0.2) is 0 Å². The molecule has 0 spiro atoms.